The third kappa shape index (κ3) is 3.66. The minimum atomic E-state index is 0.164. The largest absolute Gasteiger partial charge is 0.497 e. The van der Waals surface area contributed by atoms with Crippen LogP contribution in [-0.4, -0.2) is 29.0 Å². The third-order valence-corrected chi connectivity index (χ3v) is 5.79. The maximum absolute atomic E-state index is 5.36. The minimum absolute atomic E-state index is 0.164. The van der Waals surface area contributed by atoms with Crippen LogP contribution in [0.2, 0.25) is 0 Å². The van der Waals surface area contributed by atoms with Gasteiger partial charge in [0.25, 0.3) is 0 Å². The molecule has 0 radical (unpaired) electrons. The second-order valence-electron chi connectivity index (χ2n) is 7.54. The van der Waals surface area contributed by atoms with E-state index in [1.807, 2.05) is 41.2 Å². The number of fused-ring (bicyclic) bond motifs is 1. The zero-order chi connectivity index (χ0) is 21.3. The topological polar surface area (TPSA) is 64.1 Å². The number of benzene rings is 2. The Labute approximate surface area is 176 Å². The first-order valence-corrected chi connectivity index (χ1v) is 10.1. The molecule has 0 spiro atoms. The van der Waals surface area contributed by atoms with Gasteiger partial charge in [-0.1, -0.05) is 0 Å². The van der Waals surface area contributed by atoms with Gasteiger partial charge in [0.05, 0.1) is 26.1 Å². The molecule has 0 amide bonds. The summed E-state index contributed by atoms with van der Waals surface area (Å²) >= 11 is 0. The van der Waals surface area contributed by atoms with Crippen molar-refractivity contribution in [1.82, 2.24) is 20.1 Å². The van der Waals surface area contributed by atoms with Crippen molar-refractivity contribution in [3.8, 4) is 17.2 Å². The van der Waals surface area contributed by atoms with Gasteiger partial charge in [-0.2, -0.15) is 5.10 Å². The predicted molar refractivity (Wildman–Crippen MR) is 120 cm³/mol. The molecule has 0 fully saturated rings. The van der Waals surface area contributed by atoms with Gasteiger partial charge in [0.2, 0.25) is 0 Å². The molecule has 4 aromatic rings. The summed E-state index contributed by atoms with van der Waals surface area (Å²) in [5, 5.41) is 9.43. The van der Waals surface area contributed by atoms with Crippen molar-refractivity contribution in [3.05, 3.63) is 71.2 Å². The van der Waals surface area contributed by atoms with Crippen LogP contribution in [0.15, 0.2) is 48.7 Å². The van der Waals surface area contributed by atoms with E-state index in [1.54, 1.807) is 14.2 Å². The molecule has 0 aliphatic carbocycles. The van der Waals surface area contributed by atoms with Crippen LogP contribution < -0.4 is 14.8 Å². The fourth-order valence-electron chi connectivity index (χ4n) is 3.86. The molecule has 156 valence electrons. The van der Waals surface area contributed by atoms with Gasteiger partial charge in [0.1, 0.15) is 11.5 Å². The number of hydrogen-bond donors (Lipinski definition) is 2. The number of nitrogens with zero attached hydrogens (tertiary/aromatic N) is 2. The Morgan fingerprint density at radius 3 is 2.43 bits per heavy atom. The molecule has 0 bridgehead atoms. The smallest absolute Gasteiger partial charge is 0.119 e. The van der Waals surface area contributed by atoms with Gasteiger partial charge >= 0.3 is 0 Å². The maximum Gasteiger partial charge on any atom is 0.119 e. The van der Waals surface area contributed by atoms with Crippen LogP contribution in [0.5, 0.6) is 11.5 Å². The third-order valence-electron chi connectivity index (χ3n) is 5.79. The molecule has 2 heterocycles. The molecule has 4 rings (SSSR count). The summed E-state index contributed by atoms with van der Waals surface area (Å²) in [6.45, 7) is 7.17. The highest BCUT2D eigenvalue weighted by Gasteiger charge is 2.16. The zero-order valence-corrected chi connectivity index (χ0v) is 18.1. The Hall–Kier alpha value is -3.25. The van der Waals surface area contributed by atoms with Crippen LogP contribution in [0.25, 0.3) is 16.6 Å². The Balaban J connectivity index is 1.50. The highest BCUT2D eigenvalue weighted by Crippen LogP contribution is 2.27. The predicted octanol–water partition coefficient (Wildman–Crippen LogP) is 4.84. The number of ether oxygens (including phenoxy) is 2. The van der Waals surface area contributed by atoms with Gasteiger partial charge in [-0.3, -0.25) is 0 Å². The fraction of sp³-hybridized carbons (Fsp3) is 0.292. The van der Waals surface area contributed by atoms with Crippen LogP contribution in [0.4, 0.5) is 0 Å². The molecule has 2 N–H and O–H groups in total. The van der Waals surface area contributed by atoms with Gasteiger partial charge < -0.3 is 19.8 Å². The van der Waals surface area contributed by atoms with E-state index in [0.29, 0.717) is 0 Å². The first-order valence-electron chi connectivity index (χ1n) is 10.1. The molecule has 30 heavy (non-hydrogen) atoms. The van der Waals surface area contributed by atoms with Gasteiger partial charge in [-0.15, -0.1) is 0 Å². The van der Waals surface area contributed by atoms with E-state index in [0.717, 1.165) is 34.9 Å². The average Bonchev–Trinajstić information content (AvgIpc) is 3.31. The molecule has 2 aromatic carbocycles. The molecule has 0 unspecified atom stereocenters. The lowest BCUT2D eigenvalue weighted by molar-refractivity contribution is 0.414. The maximum atomic E-state index is 5.36. The monoisotopic (exact) mass is 404 g/mol. The SMILES string of the molecule is COc1ccc(-n2ncc([C@@H](C)NCc3[nH]c4ccc(OC)cc4c3C)c2C)cc1. The fourth-order valence-corrected chi connectivity index (χ4v) is 3.86. The summed E-state index contributed by atoms with van der Waals surface area (Å²) in [6.07, 6.45) is 1.94. The molecule has 0 saturated carbocycles. The van der Waals surface area contributed by atoms with E-state index in [2.05, 4.69) is 48.3 Å². The molecular formula is C24H28N4O2. The van der Waals surface area contributed by atoms with E-state index in [9.17, 15) is 0 Å². The Morgan fingerprint density at radius 2 is 1.73 bits per heavy atom. The quantitative estimate of drug-likeness (QED) is 0.463. The molecule has 2 aromatic heterocycles. The number of nitrogens with one attached hydrogen (secondary N) is 2. The lowest BCUT2D eigenvalue weighted by Crippen LogP contribution is -2.19. The lowest BCUT2D eigenvalue weighted by atomic mass is 10.1. The highest BCUT2D eigenvalue weighted by atomic mass is 16.5. The van der Waals surface area contributed by atoms with Crippen molar-refractivity contribution in [2.45, 2.75) is 33.4 Å². The van der Waals surface area contributed by atoms with Crippen molar-refractivity contribution < 1.29 is 9.47 Å². The number of hydrogen-bond acceptors (Lipinski definition) is 4. The van der Waals surface area contributed by atoms with Crippen molar-refractivity contribution in [2.24, 2.45) is 0 Å². The van der Waals surface area contributed by atoms with Gasteiger partial charge in [-0.05, 0) is 68.8 Å². The first-order chi connectivity index (χ1) is 14.5. The normalized spacial score (nSPS) is 12.3. The van der Waals surface area contributed by atoms with Crippen LogP contribution in [0.1, 0.15) is 35.5 Å². The summed E-state index contributed by atoms with van der Waals surface area (Å²) < 4.78 is 12.6. The Morgan fingerprint density at radius 1 is 1.03 bits per heavy atom. The summed E-state index contributed by atoms with van der Waals surface area (Å²) in [7, 11) is 3.37. The van der Waals surface area contributed by atoms with E-state index in [-0.39, 0.29) is 6.04 Å². The van der Waals surface area contributed by atoms with E-state index >= 15 is 0 Å². The molecular weight excluding hydrogens is 376 g/mol. The number of rotatable bonds is 7. The van der Waals surface area contributed by atoms with Crippen LogP contribution in [-0.2, 0) is 6.54 Å². The standard InChI is InChI=1S/C24H28N4O2/c1-15-21-12-20(30-5)10-11-23(21)27-24(15)14-25-16(2)22-13-26-28(17(22)3)18-6-8-19(29-4)9-7-18/h6-13,16,25,27H,14H2,1-5H3/t16-/m1/s1. The minimum Gasteiger partial charge on any atom is -0.497 e. The van der Waals surface area contributed by atoms with Crippen molar-refractivity contribution >= 4 is 10.9 Å². The summed E-state index contributed by atoms with van der Waals surface area (Å²) in [6, 6.07) is 14.2. The second kappa shape index (κ2) is 8.24. The van der Waals surface area contributed by atoms with Crippen LogP contribution in [0.3, 0.4) is 0 Å². The number of H-pyrrole nitrogens is 1. The molecule has 6 heteroatoms. The summed E-state index contributed by atoms with van der Waals surface area (Å²) in [5.74, 6) is 1.71. The van der Waals surface area contributed by atoms with Gasteiger partial charge in [-0.25, -0.2) is 4.68 Å². The Bertz CT molecular complexity index is 1160. The van der Waals surface area contributed by atoms with E-state index in [4.69, 9.17) is 9.47 Å². The van der Waals surface area contributed by atoms with Gasteiger partial charge in [0.15, 0.2) is 0 Å². The number of aryl methyl sites for hydroxylation is 1. The average molecular weight is 405 g/mol. The molecule has 0 saturated heterocycles. The zero-order valence-electron chi connectivity index (χ0n) is 18.1. The van der Waals surface area contributed by atoms with Crippen LogP contribution in [0, 0.1) is 13.8 Å². The first kappa shape index (κ1) is 20.0. The van der Waals surface area contributed by atoms with Crippen molar-refractivity contribution in [2.75, 3.05) is 14.2 Å². The van der Waals surface area contributed by atoms with Crippen molar-refractivity contribution in [3.63, 3.8) is 0 Å². The van der Waals surface area contributed by atoms with E-state index < -0.39 is 0 Å². The molecule has 0 aliphatic heterocycles. The number of aromatic amines is 1. The number of aromatic nitrogens is 3. The Kier molecular flexibility index (Phi) is 5.50. The molecule has 1 atom stereocenters. The van der Waals surface area contributed by atoms with Crippen LogP contribution >= 0.6 is 0 Å². The van der Waals surface area contributed by atoms with Crippen molar-refractivity contribution in [1.29, 1.82) is 0 Å². The summed E-state index contributed by atoms with van der Waals surface area (Å²) in [5.41, 5.74) is 6.88. The molecule has 0 aliphatic rings. The lowest BCUT2D eigenvalue weighted by Gasteiger charge is -2.14. The highest BCUT2D eigenvalue weighted by molar-refractivity contribution is 5.85. The second-order valence-corrected chi connectivity index (χ2v) is 7.54. The molecule has 6 nitrogen and oxygen atoms in total. The number of methoxy groups -OCH3 is 2. The summed E-state index contributed by atoms with van der Waals surface area (Å²) in [4.78, 5) is 3.53. The van der Waals surface area contributed by atoms with Gasteiger partial charge in [0, 0.05) is 40.4 Å². The van der Waals surface area contributed by atoms with E-state index in [1.165, 1.54) is 22.2 Å².